The number of carbonyl (C=O) groups is 1. The summed E-state index contributed by atoms with van der Waals surface area (Å²) in [6.07, 6.45) is -4.34. The normalized spacial score (nSPS) is 12.3. The monoisotopic (exact) mass is 480 g/mol. The first-order valence-corrected chi connectivity index (χ1v) is 9.72. The van der Waals surface area contributed by atoms with E-state index in [9.17, 15) is 22.4 Å². The molecule has 0 saturated carbocycles. The van der Waals surface area contributed by atoms with Crippen LogP contribution < -0.4 is 9.64 Å². The van der Waals surface area contributed by atoms with Gasteiger partial charge in [0.1, 0.15) is 22.9 Å². The van der Waals surface area contributed by atoms with Crippen LogP contribution in [0, 0.1) is 11.6 Å². The summed E-state index contributed by atoms with van der Waals surface area (Å²) in [5.41, 5.74) is -0.351. The van der Waals surface area contributed by atoms with Crippen molar-refractivity contribution in [1.82, 2.24) is 0 Å². The fourth-order valence-electron chi connectivity index (χ4n) is 2.28. The number of rotatable bonds is 6. The van der Waals surface area contributed by atoms with Crippen LogP contribution in [0.4, 0.5) is 28.0 Å². The number of halogens is 6. The van der Waals surface area contributed by atoms with Crippen LogP contribution in [-0.2, 0) is 4.74 Å². The van der Waals surface area contributed by atoms with Gasteiger partial charge in [0, 0.05) is 12.7 Å². The van der Waals surface area contributed by atoms with Crippen LogP contribution >= 0.6 is 23.2 Å². The maximum absolute atomic E-state index is 14.1. The van der Waals surface area contributed by atoms with Gasteiger partial charge >= 0.3 is 12.1 Å². The summed E-state index contributed by atoms with van der Waals surface area (Å²) in [5, 5.41) is 0. The molecule has 0 aromatic heterocycles. The van der Waals surface area contributed by atoms with Gasteiger partial charge in [-0.1, -0.05) is 29.3 Å². The maximum Gasteiger partial charge on any atom is 0.428 e. The highest BCUT2D eigenvalue weighted by molar-refractivity contribution is 6.44. The Morgan fingerprint density at radius 2 is 1.61 bits per heavy atom. The number of urea groups is 1. The zero-order chi connectivity index (χ0) is 23.3. The SMILES string of the molecule is CC(C)OC(=NC(=O)N(C)c1ccc(OC(F)(F)C(Cl)Cl)cc1)c1c(F)cccc1F. The molecule has 0 unspecified atom stereocenters. The number of alkyl halides is 4. The minimum Gasteiger partial charge on any atom is -0.474 e. The lowest BCUT2D eigenvalue weighted by Crippen LogP contribution is -2.32. The molecule has 0 aliphatic rings. The first-order valence-electron chi connectivity index (χ1n) is 8.84. The zero-order valence-corrected chi connectivity index (χ0v) is 18.1. The van der Waals surface area contributed by atoms with E-state index in [1.165, 1.54) is 25.2 Å². The minimum absolute atomic E-state index is 0.232. The highest BCUT2D eigenvalue weighted by Gasteiger charge is 2.40. The molecule has 0 heterocycles. The third-order valence-electron chi connectivity index (χ3n) is 3.74. The highest BCUT2D eigenvalue weighted by Crippen LogP contribution is 2.31. The number of hydrogen-bond donors (Lipinski definition) is 0. The van der Waals surface area contributed by atoms with Crippen molar-refractivity contribution in [3.05, 3.63) is 59.7 Å². The highest BCUT2D eigenvalue weighted by atomic mass is 35.5. The van der Waals surface area contributed by atoms with E-state index in [2.05, 4.69) is 9.73 Å². The molecule has 2 amide bonds. The standard InChI is InChI=1S/C20H18Cl2F4N2O3/c1-11(2)30-17(16-14(23)5-4-6-15(16)24)27-19(29)28(3)12-7-9-13(10-8-12)31-20(25,26)18(21)22/h4-11,18H,1-3H3. The van der Waals surface area contributed by atoms with Gasteiger partial charge in [-0.3, -0.25) is 4.90 Å². The minimum atomic E-state index is -3.82. The van der Waals surface area contributed by atoms with Crippen LogP contribution in [0.2, 0.25) is 0 Å². The predicted octanol–water partition coefficient (Wildman–Crippen LogP) is 6.17. The van der Waals surface area contributed by atoms with Crippen molar-refractivity contribution in [3.63, 3.8) is 0 Å². The summed E-state index contributed by atoms with van der Waals surface area (Å²) in [6.45, 7) is 3.20. The van der Waals surface area contributed by atoms with E-state index in [4.69, 9.17) is 27.9 Å². The summed E-state index contributed by atoms with van der Waals surface area (Å²) >= 11 is 10.3. The maximum atomic E-state index is 14.1. The topological polar surface area (TPSA) is 51.1 Å². The van der Waals surface area contributed by atoms with E-state index in [1.54, 1.807) is 13.8 Å². The second-order valence-corrected chi connectivity index (χ2v) is 7.58. The Labute approximate surface area is 186 Å². The average molecular weight is 481 g/mol. The van der Waals surface area contributed by atoms with E-state index >= 15 is 0 Å². The van der Waals surface area contributed by atoms with Gasteiger partial charge in [-0.2, -0.15) is 13.8 Å². The van der Waals surface area contributed by atoms with Gasteiger partial charge in [-0.05, 0) is 50.2 Å². The second kappa shape index (κ2) is 10.2. The van der Waals surface area contributed by atoms with Gasteiger partial charge in [0.05, 0.1) is 6.10 Å². The van der Waals surface area contributed by atoms with Gasteiger partial charge in [-0.15, -0.1) is 0 Å². The van der Waals surface area contributed by atoms with Gasteiger partial charge in [0.15, 0.2) is 0 Å². The number of aliphatic imine (C=N–C) groups is 1. The third-order valence-corrected chi connectivity index (χ3v) is 4.25. The second-order valence-electron chi connectivity index (χ2n) is 6.48. The molecule has 0 bridgehead atoms. The lowest BCUT2D eigenvalue weighted by Gasteiger charge is -2.20. The fraction of sp³-hybridized carbons (Fsp3) is 0.300. The molecule has 0 N–H and O–H groups in total. The molecule has 31 heavy (non-hydrogen) atoms. The number of nitrogens with zero attached hydrogens (tertiary/aromatic N) is 2. The van der Waals surface area contributed by atoms with Crippen LogP contribution in [0.1, 0.15) is 19.4 Å². The number of benzene rings is 2. The number of anilines is 1. The molecule has 2 rings (SSSR count). The van der Waals surface area contributed by atoms with Crippen LogP contribution in [0.25, 0.3) is 0 Å². The lowest BCUT2D eigenvalue weighted by atomic mass is 10.2. The molecule has 0 fully saturated rings. The number of carbonyl (C=O) groups excluding carboxylic acids is 1. The lowest BCUT2D eigenvalue weighted by molar-refractivity contribution is -0.163. The largest absolute Gasteiger partial charge is 0.474 e. The number of ether oxygens (including phenoxy) is 2. The van der Waals surface area contributed by atoms with E-state index in [1.807, 2.05) is 0 Å². The quantitative estimate of drug-likeness (QED) is 0.215. The summed E-state index contributed by atoms with van der Waals surface area (Å²) in [6, 6.07) is 7.17. The molecule has 0 spiro atoms. The van der Waals surface area contributed by atoms with Crippen LogP contribution in [-0.4, -0.2) is 36.0 Å². The zero-order valence-electron chi connectivity index (χ0n) is 16.6. The molecule has 5 nitrogen and oxygen atoms in total. The van der Waals surface area contributed by atoms with Crippen molar-refractivity contribution in [1.29, 1.82) is 0 Å². The van der Waals surface area contributed by atoms with E-state index in [0.717, 1.165) is 29.2 Å². The van der Waals surface area contributed by atoms with Crippen molar-refractivity contribution >= 4 is 40.8 Å². The van der Waals surface area contributed by atoms with Crippen LogP contribution in [0.5, 0.6) is 5.75 Å². The predicted molar refractivity (Wildman–Crippen MR) is 110 cm³/mol. The van der Waals surface area contributed by atoms with Gasteiger partial charge in [0.2, 0.25) is 10.7 Å². The van der Waals surface area contributed by atoms with E-state index < -0.39 is 46.2 Å². The third kappa shape index (κ3) is 6.48. The smallest absolute Gasteiger partial charge is 0.428 e. The summed E-state index contributed by atoms with van der Waals surface area (Å²) in [4.78, 5) is 15.2. The molecule has 2 aromatic carbocycles. The molecule has 168 valence electrons. The van der Waals surface area contributed by atoms with Crippen LogP contribution in [0.3, 0.4) is 0 Å². The molecule has 0 radical (unpaired) electrons. The molecule has 11 heteroatoms. The average Bonchev–Trinajstić information content (AvgIpc) is 2.67. The molecule has 0 saturated heterocycles. The molecular weight excluding hydrogens is 463 g/mol. The van der Waals surface area contributed by atoms with Gasteiger partial charge in [-0.25, -0.2) is 13.6 Å². The Bertz CT molecular complexity index is 934. The fourth-order valence-corrected chi connectivity index (χ4v) is 2.37. The van der Waals surface area contributed by atoms with Crippen molar-refractivity contribution in [2.45, 2.75) is 30.9 Å². The molecule has 0 aliphatic heterocycles. The van der Waals surface area contributed by atoms with E-state index in [0.29, 0.717) is 0 Å². The van der Waals surface area contributed by atoms with Crippen LogP contribution in [0.15, 0.2) is 47.5 Å². The summed E-state index contributed by atoms with van der Waals surface area (Å²) in [5.74, 6) is -2.68. The molecular formula is C20H18Cl2F4N2O3. The van der Waals surface area contributed by atoms with E-state index in [-0.39, 0.29) is 11.4 Å². The Morgan fingerprint density at radius 1 is 1.06 bits per heavy atom. The number of amides is 2. The van der Waals surface area contributed by atoms with Gasteiger partial charge in [0.25, 0.3) is 0 Å². The molecule has 0 aliphatic carbocycles. The number of hydrogen-bond acceptors (Lipinski definition) is 3. The molecule has 2 aromatic rings. The first-order chi connectivity index (χ1) is 14.4. The Kier molecular flexibility index (Phi) is 8.14. The van der Waals surface area contributed by atoms with Gasteiger partial charge < -0.3 is 9.47 Å². The Balaban J connectivity index is 2.28. The van der Waals surface area contributed by atoms with Crippen molar-refractivity contribution in [2.24, 2.45) is 4.99 Å². The summed E-state index contributed by atoms with van der Waals surface area (Å²) < 4.78 is 64.9. The van der Waals surface area contributed by atoms with Crippen molar-refractivity contribution in [2.75, 3.05) is 11.9 Å². The Hall–Kier alpha value is -2.52. The first kappa shape index (κ1) is 24.7. The Morgan fingerprint density at radius 3 is 2.10 bits per heavy atom. The molecule has 0 atom stereocenters. The van der Waals surface area contributed by atoms with Crippen molar-refractivity contribution < 1.29 is 31.8 Å². The van der Waals surface area contributed by atoms with Crippen molar-refractivity contribution in [3.8, 4) is 5.75 Å². The summed E-state index contributed by atoms with van der Waals surface area (Å²) in [7, 11) is 1.33.